The molecule has 1 aromatic heterocycles. The number of Topliss-reactive ketones (excluding diaryl/α,β-unsaturated/α-hetero) is 1. The molecule has 0 N–H and O–H groups in total. The van der Waals surface area contributed by atoms with E-state index in [2.05, 4.69) is 48.2 Å². The third-order valence-electron chi connectivity index (χ3n) is 4.93. The average Bonchev–Trinajstić information content (AvgIpc) is 3.46. The van der Waals surface area contributed by atoms with Crippen molar-refractivity contribution in [3.05, 3.63) is 83.4 Å². The summed E-state index contributed by atoms with van der Waals surface area (Å²) >= 11 is 0. The number of benzene rings is 2. The number of rotatable bonds is 6. The number of hydrogen-bond donors (Lipinski definition) is 0. The molecule has 0 aliphatic carbocycles. The molecule has 0 fully saturated rings. The second-order valence-corrected chi connectivity index (χ2v) is 7.38. The van der Waals surface area contributed by atoms with E-state index in [1.807, 2.05) is 61.9 Å². The van der Waals surface area contributed by atoms with E-state index in [0.717, 1.165) is 38.1 Å². The monoisotopic (exact) mass is 435 g/mol. The minimum Gasteiger partial charge on any atom is -0.291 e. The van der Waals surface area contributed by atoms with Gasteiger partial charge in [-0.3, -0.25) is 4.79 Å². The largest absolute Gasteiger partial charge is 0.291 e. The Hall–Kier alpha value is -2.75. The normalized spacial score (nSPS) is 11.0. The van der Waals surface area contributed by atoms with Crippen LogP contribution in [0.1, 0.15) is 87.9 Å². The molecule has 0 saturated carbocycles. The summed E-state index contributed by atoms with van der Waals surface area (Å²) < 4.78 is 1.85. The topological polar surface area (TPSA) is 47.8 Å². The van der Waals surface area contributed by atoms with E-state index in [1.165, 1.54) is 24.0 Å². The molecular weight excluding hydrogens is 394 g/mol. The predicted octanol–water partition coefficient (Wildman–Crippen LogP) is 7.12. The van der Waals surface area contributed by atoms with E-state index >= 15 is 0 Å². The summed E-state index contributed by atoms with van der Waals surface area (Å²) in [6.45, 7) is 11.4. The number of carbonyl (C=O) groups excluding carboxylic acids is 1. The lowest BCUT2D eigenvalue weighted by atomic mass is 10.0. The summed E-state index contributed by atoms with van der Waals surface area (Å²) in [4.78, 5) is 15.6. The molecule has 0 amide bonds. The number of fused-ring (bicyclic) bond motifs is 1. The van der Waals surface area contributed by atoms with E-state index in [4.69, 9.17) is 0 Å². The van der Waals surface area contributed by atoms with E-state index < -0.39 is 0 Å². The predicted molar refractivity (Wildman–Crippen MR) is 135 cm³/mol. The van der Waals surface area contributed by atoms with Gasteiger partial charge >= 0.3 is 0 Å². The lowest BCUT2D eigenvalue weighted by molar-refractivity contribution is 0.0971. The highest BCUT2D eigenvalue weighted by Crippen LogP contribution is 2.12. The van der Waals surface area contributed by atoms with Crippen LogP contribution in [0.15, 0.2) is 60.7 Å². The molecule has 1 aliphatic rings. The van der Waals surface area contributed by atoms with Gasteiger partial charge in [-0.1, -0.05) is 102 Å². The van der Waals surface area contributed by atoms with Crippen LogP contribution < -0.4 is 0 Å². The molecular formula is C28H41N3O. The van der Waals surface area contributed by atoms with Crippen LogP contribution in [0.3, 0.4) is 0 Å². The smallest absolute Gasteiger partial charge is 0.217 e. The zero-order valence-corrected chi connectivity index (χ0v) is 20.7. The van der Waals surface area contributed by atoms with Gasteiger partial charge in [0, 0.05) is 19.4 Å². The summed E-state index contributed by atoms with van der Waals surface area (Å²) in [5.74, 6) is 1.46. The maximum atomic E-state index is 11.4. The molecule has 1 aliphatic heterocycles. The first-order valence-electron chi connectivity index (χ1n) is 12.2. The Kier molecular flexibility index (Phi) is 14.4. The number of nitrogens with zero attached hydrogens (tertiary/aromatic N) is 3. The lowest BCUT2D eigenvalue weighted by Gasteiger charge is -2.04. The molecule has 0 bridgehead atoms. The van der Waals surface area contributed by atoms with Gasteiger partial charge in [-0.15, -0.1) is 5.10 Å². The standard InChI is InChI=1S/C11H16.C9H13N3O.C6H6.C2H6/c1-3-7-11-9-6-5-8-10(11)4-2;1-2-4-7(13)9-10-8-5-3-6-12(8)11-9;1-2-4-6-5-3-1;1-2/h5-6,8-9H,3-4,7H2,1-2H3;2-6H2,1H3;1-6H;1-2H3. The average molecular weight is 436 g/mol. The Morgan fingerprint density at radius 1 is 0.875 bits per heavy atom. The van der Waals surface area contributed by atoms with Crippen molar-refractivity contribution in [2.45, 2.75) is 86.1 Å². The van der Waals surface area contributed by atoms with Gasteiger partial charge in [0.25, 0.3) is 0 Å². The summed E-state index contributed by atoms with van der Waals surface area (Å²) in [6, 6.07) is 20.7. The quantitative estimate of drug-likeness (QED) is 0.387. The molecule has 0 saturated heterocycles. The molecule has 0 unspecified atom stereocenters. The van der Waals surface area contributed by atoms with Crippen LogP contribution in [0.2, 0.25) is 0 Å². The Balaban J connectivity index is 0.000000244. The van der Waals surface area contributed by atoms with Crippen LogP contribution in [0.25, 0.3) is 0 Å². The van der Waals surface area contributed by atoms with E-state index in [1.54, 1.807) is 0 Å². The fourth-order valence-corrected chi connectivity index (χ4v) is 3.38. The number of ketones is 1. The van der Waals surface area contributed by atoms with Crippen LogP contribution in [0.5, 0.6) is 0 Å². The Bertz CT molecular complexity index is 823. The molecule has 4 rings (SSSR count). The first kappa shape index (κ1) is 27.3. The molecule has 0 spiro atoms. The first-order chi connectivity index (χ1) is 15.7. The van der Waals surface area contributed by atoms with Crippen LogP contribution in [-0.4, -0.2) is 20.5 Å². The third kappa shape index (κ3) is 9.59. The highest BCUT2D eigenvalue weighted by Gasteiger charge is 2.18. The molecule has 0 atom stereocenters. The third-order valence-corrected chi connectivity index (χ3v) is 4.93. The van der Waals surface area contributed by atoms with E-state index in [-0.39, 0.29) is 5.78 Å². The minimum absolute atomic E-state index is 0.0735. The van der Waals surface area contributed by atoms with Gasteiger partial charge in [-0.25, -0.2) is 9.67 Å². The molecule has 32 heavy (non-hydrogen) atoms. The van der Waals surface area contributed by atoms with Crippen molar-refractivity contribution < 1.29 is 4.79 Å². The van der Waals surface area contributed by atoms with Crippen molar-refractivity contribution in [3.63, 3.8) is 0 Å². The molecule has 3 aromatic rings. The zero-order chi connectivity index (χ0) is 23.6. The highest BCUT2D eigenvalue weighted by molar-refractivity contribution is 5.92. The SMILES string of the molecule is CC.CCCC(=O)c1nc2n(n1)CCC2.CCCc1ccccc1CC.c1ccccc1. The van der Waals surface area contributed by atoms with Gasteiger partial charge in [0.1, 0.15) is 5.82 Å². The highest BCUT2D eigenvalue weighted by atomic mass is 16.1. The second-order valence-electron chi connectivity index (χ2n) is 7.38. The molecule has 2 aromatic carbocycles. The molecule has 2 heterocycles. The number of hydrogen-bond acceptors (Lipinski definition) is 3. The van der Waals surface area contributed by atoms with Gasteiger partial charge in [0.15, 0.2) is 0 Å². The van der Waals surface area contributed by atoms with Crippen molar-refractivity contribution in [3.8, 4) is 0 Å². The van der Waals surface area contributed by atoms with Gasteiger partial charge in [0.2, 0.25) is 11.6 Å². The number of carbonyl (C=O) groups is 1. The van der Waals surface area contributed by atoms with Gasteiger partial charge in [-0.05, 0) is 36.8 Å². The molecule has 0 radical (unpaired) electrons. The number of aromatic nitrogens is 3. The summed E-state index contributed by atoms with van der Waals surface area (Å²) in [7, 11) is 0. The lowest BCUT2D eigenvalue weighted by Crippen LogP contribution is -2.03. The fourth-order valence-electron chi connectivity index (χ4n) is 3.38. The van der Waals surface area contributed by atoms with Crippen molar-refractivity contribution >= 4 is 5.78 Å². The number of aryl methyl sites for hydroxylation is 4. The Labute approximate surface area is 195 Å². The molecule has 174 valence electrons. The molecule has 4 nitrogen and oxygen atoms in total. The summed E-state index contributed by atoms with van der Waals surface area (Å²) in [6.07, 6.45) is 7.13. The Morgan fingerprint density at radius 2 is 1.47 bits per heavy atom. The minimum atomic E-state index is 0.0735. The van der Waals surface area contributed by atoms with Crippen LogP contribution in [-0.2, 0) is 25.8 Å². The maximum absolute atomic E-state index is 11.4. The van der Waals surface area contributed by atoms with Gasteiger partial charge in [0.05, 0.1) is 0 Å². The summed E-state index contributed by atoms with van der Waals surface area (Å²) in [5, 5.41) is 4.17. The fraction of sp³-hybridized carbons (Fsp3) is 0.464. The van der Waals surface area contributed by atoms with Crippen molar-refractivity contribution in [2.75, 3.05) is 0 Å². The van der Waals surface area contributed by atoms with E-state index in [0.29, 0.717) is 12.2 Å². The van der Waals surface area contributed by atoms with Crippen molar-refractivity contribution in [1.82, 2.24) is 14.8 Å². The second kappa shape index (κ2) is 16.9. The van der Waals surface area contributed by atoms with E-state index in [9.17, 15) is 4.79 Å². The van der Waals surface area contributed by atoms with Gasteiger partial charge in [-0.2, -0.15) is 0 Å². The maximum Gasteiger partial charge on any atom is 0.217 e. The Morgan fingerprint density at radius 3 is 1.97 bits per heavy atom. The van der Waals surface area contributed by atoms with Crippen LogP contribution in [0, 0.1) is 0 Å². The van der Waals surface area contributed by atoms with Crippen molar-refractivity contribution in [1.29, 1.82) is 0 Å². The molecule has 4 heteroatoms. The first-order valence-corrected chi connectivity index (χ1v) is 12.2. The van der Waals surface area contributed by atoms with Crippen LogP contribution >= 0.6 is 0 Å². The van der Waals surface area contributed by atoms with Gasteiger partial charge < -0.3 is 0 Å². The van der Waals surface area contributed by atoms with Crippen LogP contribution in [0.4, 0.5) is 0 Å². The zero-order valence-electron chi connectivity index (χ0n) is 20.7. The van der Waals surface area contributed by atoms with Crippen molar-refractivity contribution in [2.24, 2.45) is 0 Å². The summed E-state index contributed by atoms with van der Waals surface area (Å²) in [5.41, 5.74) is 3.03.